The van der Waals surface area contributed by atoms with E-state index in [1.807, 2.05) is 50.2 Å². The van der Waals surface area contributed by atoms with Crippen LogP contribution in [0.1, 0.15) is 93.7 Å². The van der Waals surface area contributed by atoms with Gasteiger partial charge in [0.2, 0.25) is 11.8 Å². The van der Waals surface area contributed by atoms with Gasteiger partial charge in [0.1, 0.15) is 23.7 Å². The van der Waals surface area contributed by atoms with Gasteiger partial charge in [-0.2, -0.15) is 8.78 Å². The highest BCUT2D eigenvalue weighted by atomic mass is 19.3. The van der Waals surface area contributed by atoms with Crippen molar-refractivity contribution < 1.29 is 42.2 Å². The van der Waals surface area contributed by atoms with Gasteiger partial charge in [-0.3, -0.25) is 9.59 Å². The topological polar surface area (TPSA) is 184 Å². The van der Waals surface area contributed by atoms with Gasteiger partial charge in [0, 0.05) is 43.0 Å². The zero-order chi connectivity index (χ0) is 47.5. The monoisotopic (exact) mass is 930 g/mol. The third-order valence-corrected chi connectivity index (χ3v) is 14.8. The first-order valence-corrected chi connectivity index (χ1v) is 23.5. The molecule has 3 aromatic carbocycles. The zero-order valence-corrected chi connectivity index (χ0v) is 38.6. The summed E-state index contributed by atoms with van der Waals surface area (Å²) in [5.74, 6) is -2.66. The van der Waals surface area contributed by atoms with Crippen LogP contribution in [0.15, 0.2) is 73.1 Å². The Balaban J connectivity index is 0.839. The van der Waals surface area contributed by atoms with Crippen LogP contribution in [0.25, 0.3) is 44.8 Å². The van der Waals surface area contributed by atoms with Gasteiger partial charge < -0.3 is 44.6 Å². The number of aromatic amines is 2. The molecule has 1 unspecified atom stereocenters. The molecule has 0 bridgehead atoms. The summed E-state index contributed by atoms with van der Waals surface area (Å²) < 4.78 is 48.4. The van der Waals surface area contributed by atoms with Crippen LogP contribution in [0.4, 0.5) is 18.4 Å². The van der Waals surface area contributed by atoms with Gasteiger partial charge in [-0.1, -0.05) is 62.4 Å². The van der Waals surface area contributed by atoms with Crippen molar-refractivity contribution in [2.24, 2.45) is 17.3 Å². The Labute approximate surface area is 392 Å². The number of aromatic nitrogens is 4. The lowest BCUT2D eigenvalue weighted by Gasteiger charge is -2.34. The number of hydrogen-bond donors (Lipinski definition) is 4. The van der Waals surface area contributed by atoms with E-state index in [4.69, 9.17) is 24.2 Å². The number of carbonyl (C=O) groups is 4. The highest BCUT2D eigenvalue weighted by molar-refractivity contribution is 5.88. The maximum absolute atomic E-state index is 16.6. The predicted octanol–water partition coefficient (Wildman–Crippen LogP) is 8.50. The van der Waals surface area contributed by atoms with E-state index in [1.165, 1.54) is 20.3 Å². The van der Waals surface area contributed by atoms with Crippen LogP contribution in [0.2, 0.25) is 0 Å². The molecule has 5 aromatic rings. The Bertz CT molecular complexity index is 2740. The molecule has 2 aromatic heterocycles. The second-order valence-electron chi connectivity index (χ2n) is 19.3. The molecule has 4 fully saturated rings. The Morgan fingerprint density at radius 3 is 1.94 bits per heavy atom. The van der Waals surface area contributed by atoms with E-state index in [2.05, 4.69) is 20.6 Å². The number of benzene rings is 3. The number of alkyl carbamates (subject to hydrolysis) is 2. The van der Waals surface area contributed by atoms with Crippen molar-refractivity contribution in [1.82, 2.24) is 40.4 Å². The van der Waals surface area contributed by atoms with Crippen molar-refractivity contribution >= 4 is 24.0 Å². The van der Waals surface area contributed by atoms with Gasteiger partial charge >= 0.3 is 12.2 Å². The van der Waals surface area contributed by atoms with Crippen molar-refractivity contribution in [2.45, 2.75) is 88.9 Å². The molecule has 1 spiro atoms. The summed E-state index contributed by atoms with van der Waals surface area (Å²) in [5, 5.41) is 5.49. The zero-order valence-electron chi connectivity index (χ0n) is 38.6. The molecule has 5 heterocycles. The van der Waals surface area contributed by atoms with E-state index >= 15 is 8.78 Å². The van der Waals surface area contributed by atoms with Gasteiger partial charge in [-0.15, -0.1) is 0 Å². The fourth-order valence-corrected chi connectivity index (χ4v) is 10.8. The number of H-pyrrole nitrogens is 2. The Kier molecular flexibility index (Phi) is 11.8. The van der Waals surface area contributed by atoms with E-state index < -0.39 is 30.2 Å². The number of nitrogens with one attached hydrogen (secondary N) is 4. The number of methoxy groups -OCH3 is 2. The van der Waals surface area contributed by atoms with Crippen molar-refractivity contribution in [3.05, 3.63) is 95.8 Å². The van der Waals surface area contributed by atoms with Gasteiger partial charge in [0.05, 0.1) is 50.1 Å². The number of carbonyl (C=O) groups excluding carboxylic acids is 4. The van der Waals surface area contributed by atoms with E-state index in [9.17, 15) is 19.2 Å². The molecule has 10 rings (SSSR count). The number of likely N-dealkylation sites (tertiary alicyclic amines) is 2. The molecular weight excluding hydrogens is 875 g/mol. The molecule has 2 aliphatic carbocycles. The first-order valence-electron chi connectivity index (χ1n) is 23.5. The van der Waals surface area contributed by atoms with Crippen LogP contribution in [0.3, 0.4) is 0 Å². The standard InChI is InChI=1S/C51H56F2N8O7/c1-28(2)42(58-48(64)66-3)46(62)61-27-50(17-18-50)24-41(61)45-55-26-39(57-45)33-12-14-35-34-13-11-32(22-36(34)51(52,53)37(35)23-33)29-7-9-30(10-8-29)38-25-54-44(56-38)40-6-5-19-60(40)47(63)43(59-49(65)67-4)31-15-20-68-21-16-31/h7-14,22-23,25-26,28,31,40-43H,5-6,15-21,24,27H2,1-4H3,(H,54,56)(H,55,57)(H,58,64)(H,59,65)/t40-,41-,42-,43?/m0/s1. The van der Waals surface area contributed by atoms with Crippen LogP contribution < -0.4 is 10.6 Å². The van der Waals surface area contributed by atoms with E-state index in [0.717, 1.165) is 48.9 Å². The van der Waals surface area contributed by atoms with Gasteiger partial charge in [-0.25, -0.2) is 19.6 Å². The summed E-state index contributed by atoms with van der Waals surface area (Å²) in [6.07, 6.45) is 7.61. The van der Waals surface area contributed by atoms with Crippen LogP contribution in [-0.4, -0.2) is 106 Å². The summed E-state index contributed by atoms with van der Waals surface area (Å²) in [5.41, 5.74) is 4.94. The lowest BCUT2D eigenvalue weighted by molar-refractivity contribution is -0.137. The number of hydrogen-bond acceptors (Lipinski definition) is 9. The van der Waals surface area contributed by atoms with Crippen LogP contribution in [0.5, 0.6) is 0 Å². The van der Waals surface area contributed by atoms with Crippen molar-refractivity contribution in [2.75, 3.05) is 40.5 Å². The number of ether oxygens (including phenoxy) is 3. The SMILES string of the molecule is COC(=O)NC(C(=O)N1CCC[C@H]1c1ncc(-c2ccc(-c3ccc4c(c3)C(F)(F)c3cc(-c5cnc([C@@H]6CC7(CC7)CN6C(=O)[C@@H](NC(=O)OC)C(C)C)[nH]5)ccc3-4)cc2)[nH]1)C1CCOCC1. The Morgan fingerprint density at radius 2 is 1.31 bits per heavy atom. The molecule has 0 radical (unpaired) electrons. The highest BCUT2D eigenvalue weighted by Crippen LogP contribution is 2.59. The van der Waals surface area contributed by atoms with Gasteiger partial charge in [0.15, 0.2) is 0 Å². The molecule has 4 N–H and O–H groups in total. The minimum Gasteiger partial charge on any atom is -0.453 e. The Morgan fingerprint density at radius 1 is 0.735 bits per heavy atom. The molecule has 5 aliphatic rings. The minimum absolute atomic E-state index is 0.0115. The molecule has 68 heavy (non-hydrogen) atoms. The largest absolute Gasteiger partial charge is 0.453 e. The third-order valence-electron chi connectivity index (χ3n) is 14.8. The number of amides is 4. The van der Waals surface area contributed by atoms with E-state index in [-0.39, 0.29) is 52.3 Å². The Hall–Kier alpha value is -6.62. The second-order valence-corrected chi connectivity index (χ2v) is 19.3. The average Bonchev–Trinajstić information content (AvgIpc) is 3.96. The van der Waals surface area contributed by atoms with Crippen LogP contribution >= 0.6 is 0 Å². The summed E-state index contributed by atoms with van der Waals surface area (Å²) in [6, 6.07) is 15.8. The second kappa shape index (κ2) is 17.8. The van der Waals surface area contributed by atoms with E-state index in [1.54, 1.807) is 40.4 Å². The van der Waals surface area contributed by atoms with Crippen molar-refractivity contribution in [3.63, 3.8) is 0 Å². The fourth-order valence-electron chi connectivity index (χ4n) is 10.8. The van der Waals surface area contributed by atoms with Crippen molar-refractivity contribution in [3.8, 4) is 44.8 Å². The number of alkyl halides is 2. The fraction of sp³-hybridized carbons (Fsp3) is 0.451. The lowest BCUT2D eigenvalue weighted by Crippen LogP contribution is -2.53. The minimum atomic E-state index is -3.27. The molecular formula is C51H56F2N8O7. The summed E-state index contributed by atoms with van der Waals surface area (Å²) in [6.45, 7) is 5.90. The molecule has 4 atom stereocenters. The van der Waals surface area contributed by atoms with Gasteiger partial charge in [0.25, 0.3) is 5.92 Å². The quantitative estimate of drug-likeness (QED) is 0.101. The van der Waals surface area contributed by atoms with E-state index in [0.29, 0.717) is 78.7 Å². The molecule has 356 valence electrons. The van der Waals surface area contributed by atoms with Crippen LogP contribution in [0, 0.1) is 17.3 Å². The highest BCUT2D eigenvalue weighted by Gasteiger charge is 2.55. The molecule has 15 nitrogen and oxygen atoms in total. The van der Waals surface area contributed by atoms with Crippen molar-refractivity contribution in [1.29, 1.82) is 0 Å². The van der Waals surface area contributed by atoms with Crippen LogP contribution in [-0.2, 0) is 29.7 Å². The first-order chi connectivity index (χ1) is 32.8. The first kappa shape index (κ1) is 45.2. The summed E-state index contributed by atoms with van der Waals surface area (Å²) in [4.78, 5) is 72.2. The molecule has 4 amide bonds. The average molecular weight is 931 g/mol. The normalized spacial score (nSPS) is 21.0. The number of fused-ring (bicyclic) bond motifs is 3. The molecule has 17 heteroatoms. The third kappa shape index (κ3) is 8.28. The summed E-state index contributed by atoms with van der Waals surface area (Å²) in [7, 11) is 2.55. The molecule has 3 saturated heterocycles. The maximum Gasteiger partial charge on any atom is 0.407 e. The number of rotatable bonds is 11. The molecule has 3 aliphatic heterocycles. The number of nitrogens with zero attached hydrogens (tertiary/aromatic N) is 4. The molecule has 1 saturated carbocycles. The summed E-state index contributed by atoms with van der Waals surface area (Å²) >= 11 is 0. The lowest BCUT2D eigenvalue weighted by atomic mass is 9.90. The van der Waals surface area contributed by atoms with Gasteiger partial charge in [-0.05, 0) is 102 Å². The maximum atomic E-state index is 16.6. The number of imidazole rings is 2. The predicted molar refractivity (Wildman–Crippen MR) is 247 cm³/mol. The smallest absolute Gasteiger partial charge is 0.407 e. The number of halogens is 2.